The molecule has 0 fully saturated rings. The Morgan fingerprint density at radius 1 is 1.10 bits per heavy atom. The Morgan fingerprint density at radius 3 is 2.52 bits per heavy atom. The fourth-order valence-corrected chi connectivity index (χ4v) is 2.10. The molecule has 0 unspecified atom stereocenters. The van der Waals surface area contributed by atoms with Gasteiger partial charge in [-0.2, -0.15) is 0 Å². The Bertz CT molecular complexity index is 632. The van der Waals surface area contributed by atoms with Crippen molar-refractivity contribution in [3.63, 3.8) is 0 Å². The van der Waals surface area contributed by atoms with Crippen LogP contribution in [0.5, 0.6) is 11.5 Å². The minimum absolute atomic E-state index is 0.000275. The third-order valence-electron chi connectivity index (χ3n) is 2.84. The van der Waals surface area contributed by atoms with Crippen molar-refractivity contribution < 1.29 is 13.5 Å². The maximum Gasteiger partial charge on any atom is 0.168 e. The van der Waals surface area contributed by atoms with E-state index in [2.05, 4.69) is 21.2 Å². The fraction of sp³-hybridized carbons (Fsp3) is 0.250. The molecular weight excluding hydrogens is 340 g/mol. The highest BCUT2D eigenvalue weighted by atomic mass is 79.9. The first-order chi connectivity index (χ1) is 9.95. The molecule has 0 spiro atoms. The van der Waals surface area contributed by atoms with Crippen molar-refractivity contribution >= 4 is 15.9 Å². The van der Waals surface area contributed by atoms with E-state index >= 15 is 0 Å². The monoisotopic (exact) mass is 355 g/mol. The molecule has 0 heterocycles. The van der Waals surface area contributed by atoms with Crippen LogP contribution < -0.4 is 10.1 Å². The SMILES string of the molecule is CC(C)NCc1ccc(Br)cc1Oc1ccc(F)cc1F. The molecule has 1 N–H and O–H groups in total. The number of hydrogen-bond donors (Lipinski definition) is 1. The van der Waals surface area contributed by atoms with Crippen molar-refractivity contribution in [1.82, 2.24) is 5.32 Å². The fourth-order valence-electron chi connectivity index (χ4n) is 1.76. The van der Waals surface area contributed by atoms with Gasteiger partial charge in [-0.15, -0.1) is 0 Å². The molecule has 2 rings (SSSR count). The van der Waals surface area contributed by atoms with Gasteiger partial charge in [0, 0.05) is 28.7 Å². The molecule has 2 nitrogen and oxygen atoms in total. The van der Waals surface area contributed by atoms with Crippen molar-refractivity contribution in [2.45, 2.75) is 26.4 Å². The summed E-state index contributed by atoms with van der Waals surface area (Å²) in [6, 6.07) is 9.14. The van der Waals surface area contributed by atoms with Gasteiger partial charge in [0.1, 0.15) is 11.6 Å². The van der Waals surface area contributed by atoms with Crippen LogP contribution >= 0.6 is 15.9 Å². The molecule has 0 amide bonds. The Balaban J connectivity index is 2.27. The molecule has 0 aliphatic carbocycles. The first kappa shape index (κ1) is 15.9. The Morgan fingerprint density at radius 2 is 1.86 bits per heavy atom. The quantitative estimate of drug-likeness (QED) is 0.813. The Labute approximate surface area is 131 Å². The average Bonchev–Trinajstić information content (AvgIpc) is 2.41. The summed E-state index contributed by atoms with van der Waals surface area (Å²) in [7, 11) is 0. The van der Waals surface area contributed by atoms with Crippen LogP contribution in [0.25, 0.3) is 0 Å². The van der Waals surface area contributed by atoms with Crippen molar-refractivity contribution in [1.29, 1.82) is 0 Å². The molecule has 5 heteroatoms. The van der Waals surface area contributed by atoms with E-state index in [-0.39, 0.29) is 5.75 Å². The summed E-state index contributed by atoms with van der Waals surface area (Å²) in [5.74, 6) is -0.822. The zero-order chi connectivity index (χ0) is 15.4. The van der Waals surface area contributed by atoms with Crippen LogP contribution in [0.3, 0.4) is 0 Å². The van der Waals surface area contributed by atoms with Crippen molar-refractivity contribution in [2.75, 3.05) is 0 Å². The number of ether oxygens (including phenoxy) is 1. The molecule has 0 saturated heterocycles. The molecule has 0 radical (unpaired) electrons. The van der Waals surface area contributed by atoms with Gasteiger partial charge in [0.15, 0.2) is 11.6 Å². The third kappa shape index (κ3) is 4.51. The third-order valence-corrected chi connectivity index (χ3v) is 3.34. The first-order valence-corrected chi connectivity index (χ1v) is 7.39. The van der Waals surface area contributed by atoms with E-state index in [1.165, 1.54) is 12.1 Å². The van der Waals surface area contributed by atoms with Crippen molar-refractivity contribution in [3.05, 3.63) is 58.1 Å². The second-order valence-corrected chi connectivity index (χ2v) is 5.88. The first-order valence-electron chi connectivity index (χ1n) is 6.60. The molecule has 21 heavy (non-hydrogen) atoms. The van der Waals surface area contributed by atoms with E-state index in [1.807, 2.05) is 26.0 Å². The number of benzene rings is 2. The van der Waals surface area contributed by atoms with Gasteiger partial charge in [-0.3, -0.25) is 0 Å². The van der Waals surface area contributed by atoms with Gasteiger partial charge < -0.3 is 10.1 Å². The van der Waals surface area contributed by atoms with Gasteiger partial charge in [0.2, 0.25) is 0 Å². The predicted octanol–water partition coefficient (Wildman–Crippen LogP) is 5.02. The zero-order valence-electron chi connectivity index (χ0n) is 11.8. The molecule has 0 aliphatic heterocycles. The second-order valence-electron chi connectivity index (χ2n) is 4.96. The van der Waals surface area contributed by atoms with Crippen LogP contribution in [0.15, 0.2) is 40.9 Å². The highest BCUT2D eigenvalue weighted by Gasteiger charge is 2.10. The number of nitrogens with one attached hydrogen (secondary N) is 1. The minimum Gasteiger partial charge on any atom is -0.454 e. The smallest absolute Gasteiger partial charge is 0.168 e. The summed E-state index contributed by atoms with van der Waals surface area (Å²) >= 11 is 3.37. The molecule has 2 aromatic rings. The molecule has 0 bridgehead atoms. The molecule has 0 aromatic heterocycles. The topological polar surface area (TPSA) is 21.3 Å². The van der Waals surface area contributed by atoms with E-state index in [0.717, 1.165) is 16.1 Å². The maximum absolute atomic E-state index is 13.7. The molecule has 0 atom stereocenters. The summed E-state index contributed by atoms with van der Waals surface area (Å²) in [5, 5.41) is 3.28. The summed E-state index contributed by atoms with van der Waals surface area (Å²) in [4.78, 5) is 0. The lowest BCUT2D eigenvalue weighted by Crippen LogP contribution is -2.22. The summed E-state index contributed by atoms with van der Waals surface area (Å²) in [6.07, 6.45) is 0. The van der Waals surface area contributed by atoms with Crippen LogP contribution in [0.4, 0.5) is 8.78 Å². The standard InChI is InChI=1S/C16H16BrF2NO/c1-10(2)20-9-11-3-4-12(17)7-16(11)21-15-6-5-13(18)8-14(15)19/h3-8,10,20H,9H2,1-2H3. The number of hydrogen-bond acceptors (Lipinski definition) is 2. The lowest BCUT2D eigenvalue weighted by atomic mass is 10.2. The largest absolute Gasteiger partial charge is 0.454 e. The summed E-state index contributed by atoms with van der Waals surface area (Å²) in [5.41, 5.74) is 0.899. The van der Waals surface area contributed by atoms with Gasteiger partial charge >= 0.3 is 0 Å². The van der Waals surface area contributed by atoms with E-state index in [9.17, 15) is 8.78 Å². The normalized spacial score (nSPS) is 11.0. The van der Waals surface area contributed by atoms with Gasteiger partial charge in [0.05, 0.1) is 0 Å². The maximum atomic E-state index is 13.7. The summed E-state index contributed by atoms with van der Waals surface area (Å²) in [6.45, 7) is 4.68. The lowest BCUT2D eigenvalue weighted by Gasteiger charge is -2.14. The van der Waals surface area contributed by atoms with E-state index < -0.39 is 11.6 Å². The van der Waals surface area contributed by atoms with Crippen molar-refractivity contribution in [2.24, 2.45) is 0 Å². The van der Waals surface area contributed by atoms with Crippen LogP contribution in [-0.4, -0.2) is 6.04 Å². The van der Waals surface area contributed by atoms with Gasteiger partial charge in [-0.25, -0.2) is 8.78 Å². The molecule has 112 valence electrons. The Kier molecular flexibility index (Phi) is 5.31. The van der Waals surface area contributed by atoms with Crippen molar-refractivity contribution in [3.8, 4) is 11.5 Å². The van der Waals surface area contributed by atoms with Crippen LogP contribution in [0.1, 0.15) is 19.4 Å². The molecule has 0 saturated carbocycles. The predicted molar refractivity (Wildman–Crippen MR) is 82.5 cm³/mol. The second kappa shape index (κ2) is 7.00. The van der Waals surface area contributed by atoms with Gasteiger partial charge in [-0.1, -0.05) is 35.8 Å². The number of halogens is 3. The van der Waals surface area contributed by atoms with Gasteiger partial charge in [0.25, 0.3) is 0 Å². The van der Waals surface area contributed by atoms with E-state index in [0.29, 0.717) is 18.3 Å². The average molecular weight is 356 g/mol. The molecule has 2 aromatic carbocycles. The van der Waals surface area contributed by atoms with E-state index in [1.54, 1.807) is 6.07 Å². The molecule has 0 aliphatic rings. The van der Waals surface area contributed by atoms with Gasteiger partial charge in [-0.05, 0) is 24.3 Å². The Hall–Kier alpha value is -1.46. The highest BCUT2D eigenvalue weighted by Crippen LogP contribution is 2.30. The minimum atomic E-state index is -0.724. The van der Waals surface area contributed by atoms with Crippen LogP contribution in [-0.2, 0) is 6.54 Å². The lowest BCUT2D eigenvalue weighted by molar-refractivity contribution is 0.430. The molecular formula is C16H16BrF2NO. The zero-order valence-corrected chi connectivity index (χ0v) is 13.4. The highest BCUT2D eigenvalue weighted by molar-refractivity contribution is 9.10. The van der Waals surface area contributed by atoms with Crippen LogP contribution in [0, 0.1) is 11.6 Å². The number of rotatable bonds is 5. The summed E-state index contributed by atoms with van der Waals surface area (Å²) < 4.78 is 33.0. The van der Waals surface area contributed by atoms with Crippen LogP contribution in [0.2, 0.25) is 0 Å². The van der Waals surface area contributed by atoms with E-state index in [4.69, 9.17) is 4.74 Å².